The van der Waals surface area contributed by atoms with Gasteiger partial charge < -0.3 is 14.5 Å². The van der Waals surface area contributed by atoms with Gasteiger partial charge in [0, 0.05) is 12.6 Å². The first-order valence-electron chi connectivity index (χ1n) is 6.31. The van der Waals surface area contributed by atoms with Crippen LogP contribution >= 0.6 is 0 Å². The first-order chi connectivity index (χ1) is 9.58. The fourth-order valence-electron chi connectivity index (χ4n) is 1.81. The van der Waals surface area contributed by atoms with Crippen LogP contribution in [0.2, 0.25) is 0 Å². The normalized spacial score (nSPS) is 11.9. The minimum Gasteiger partial charge on any atom is -0.469 e. The highest BCUT2D eigenvalue weighted by molar-refractivity contribution is 5.72. The van der Waals surface area contributed by atoms with Crippen LogP contribution in [-0.2, 0) is 16.0 Å². The Morgan fingerprint density at radius 3 is 2.90 bits per heavy atom. The Hall–Kier alpha value is -2.37. The molecule has 0 aliphatic heterocycles. The number of aromatic nitrogens is 2. The maximum absolute atomic E-state index is 11.3. The Kier molecular flexibility index (Phi) is 4.34. The number of aryl methyl sites for hydroxylation is 1. The van der Waals surface area contributed by atoms with Gasteiger partial charge in [-0.25, -0.2) is 0 Å². The predicted octanol–water partition coefficient (Wildman–Crippen LogP) is 2.27. The average Bonchev–Trinajstić information content (AvgIpc) is 2.86. The standard InChI is InChI=1S/C14H17N3O3/c1-9(14-17-16-10(2)20-14)15-12-6-4-5-11(7-12)8-13(18)19-3/h4-7,9,15H,8H2,1-3H3/t9-/m1/s1. The number of hydrogen-bond acceptors (Lipinski definition) is 6. The minimum atomic E-state index is -0.261. The number of carbonyl (C=O) groups excluding carboxylic acids is 1. The highest BCUT2D eigenvalue weighted by Gasteiger charge is 2.12. The van der Waals surface area contributed by atoms with Crippen molar-refractivity contribution in [1.82, 2.24) is 10.2 Å². The number of esters is 1. The van der Waals surface area contributed by atoms with Gasteiger partial charge in [-0.1, -0.05) is 12.1 Å². The fraction of sp³-hybridized carbons (Fsp3) is 0.357. The van der Waals surface area contributed by atoms with Crippen LogP contribution in [0.3, 0.4) is 0 Å². The van der Waals surface area contributed by atoms with Crippen molar-refractivity contribution in [3.05, 3.63) is 41.6 Å². The summed E-state index contributed by atoms with van der Waals surface area (Å²) in [5.74, 6) is 0.802. The number of benzene rings is 1. The summed E-state index contributed by atoms with van der Waals surface area (Å²) < 4.78 is 10.0. The van der Waals surface area contributed by atoms with E-state index in [1.807, 2.05) is 31.2 Å². The third kappa shape index (κ3) is 3.57. The summed E-state index contributed by atoms with van der Waals surface area (Å²) in [5.41, 5.74) is 1.77. The molecular formula is C14H17N3O3. The Morgan fingerprint density at radius 1 is 1.45 bits per heavy atom. The zero-order valence-corrected chi connectivity index (χ0v) is 11.7. The Labute approximate surface area is 117 Å². The van der Waals surface area contributed by atoms with Gasteiger partial charge in [-0.05, 0) is 24.6 Å². The molecule has 0 spiro atoms. The van der Waals surface area contributed by atoms with Crippen molar-refractivity contribution >= 4 is 11.7 Å². The van der Waals surface area contributed by atoms with Crippen molar-refractivity contribution in [2.45, 2.75) is 26.3 Å². The van der Waals surface area contributed by atoms with E-state index >= 15 is 0 Å². The van der Waals surface area contributed by atoms with E-state index in [1.54, 1.807) is 6.92 Å². The fourth-order valence-corrected chi connectivity index (χ4v) is 1.81. The second kappa shape index (κ2) is 6.18. The van der Waals surface area contributed by atoms with E-state index in [0.717, 1.165) is 11.3 Å². The van der Waals surface area contributed by atoms with E-state index < -0.39 is 0 Å². The zero-order valence-electron chi connectivity index (χ0n) is 11.7. The molecule has 1 aromatic carbocycles. The summed E-state index contributed by atoms with van der Waals surface area (Å²) in [7, 11) is 1.38. The molecule has 2 rings (SSSR count). The number of ether oxygens (including phenoxy) is 1. The third-order valence-electron chi connectivity index (χ3n) is 2.80. The molecular weight excluding hydrogens is 258 g/mol. The van der Waals surface area contributed by atoms with Gasteiger partial charge in [-0.3, -0.25) is 4.79 Å². The van der Waals surface area contributed by atoms with E-state index in [2.05, 4.69) is 20.3 Å². The highest BCUT2D eigenvalue weighted by Crippen LogP contribution is 2.19. The van der Waals surface area contributed by atoms with Crippen LogP contribution in [0.5, 0.6) is 0 Å². The summed E-state index contributed by atoms with van der Waals surface area (Å²) >= 11 is 0. The molecule has 2 aromatic rings. The van der Waals surface area contributed by atoms with Crippen molar-refractivity contribution in [2.75, 3.05) is 12.4 Å². The summed E-state index contributed by atoms with van der Waals surface area (Å²) in [6, 6.07) is 7.47. The predicted molar refractivity (Wildman–Crippen MR) is 73.2 cm³/mol. The maximum Gasteiger partial charge on any atom is 0.309 e. The quantitative estimate of drug-likeness (QED) is 0.843. The number of methoxy groups -OCH3 is 1. The lowest BCUT2D eigenvalue weighted by molar-refractivity contribution is -0.139. The van der Waals surface area contributed by atoms with Gasteiger partial charge in [0.15, 0.2) is 0 Å². The molecule has 0 bridgehead atoms. The van der Waals surface area contributed by atoms with Crippen molar-refractivity contribution in [2.24, 2.45) is 0 Å². The van der Waals surface area contributed by atoms with Crippen molar-refractivity contribution in [1.29, 1.82) is 0 Å². The number of hydrogen-bond donors (Lipinski definition) is 1. The molecule has 6 heteroatoms. The van der Waals surface area contributed by atoms with Crippen LogP contribution in [0.1, 0.15) is 30.3 Å². The molecule has 0 saturated carbocycles. The lowest BCUT2D eigenvalue weighted by Gasteiger charge is -2.12. The molecule has 0 amide bonds. The topological polar surface area (TPSA) is 77.2 Å². The molecule has 106 valence electrons. The van der Waals surface area contributed by atoms with Crippen LogP contribution in [0.4, 0.5) is 5.69 Å². The van der Waals surface area contributed by atoms with Crippen molar-refractivity contribution in [3.8, 4) is 0 Å². The summed E-state index contributed by atoms with van der Waals surface area (Å²) in [6.45, 7) is 3.68. The van der Waals surface area contributed by atoms with Gasteiger partial charge >= 0.3 is 5.97 Å². The van der Waals surface area contributed by atoms with Gasteiger partial charge in [0.1, 0.15) is 6.04 Å². The van der Waals surface area contributed by atoms with Gasteiger partial charge in [0.05, 0.1) is 13.5 Å². The van der Waals surface area contributed by atoms with Crippen molar-refractivity contribution in [3.63, 3.8) is 0 Å². The number of carbonyl (C=O) groups is 1. The molecule has 0 radical (unpaired) electrons. The lowest BCUT2D eigenvalue weighted by atomic mass is 10.1. The molecule has 1 atom stereocenters. The smallest absolute Gasteiger partial charge is 0.309 e. The molecule has 0 aliphatic carbocycles. The van der Waals surface area contributed by atoms with E-state index in [9.17, 15) is 4.79 Å². The third-order valence-corrected chi connectivity index (χ3v) is 2.80. The molecule has 6 nitrogen and oxygen atoms in total. The minimum absolute atomic E-state index is 0.107. The first kappa shape index (κ1) is 14.0. The number of nitrogens with one attached hydrogen (secondary N) is 1. The summed E-state index contributed by atoms with van der Waals surface area (Å²) in [4.78, 5) is 11.3. The SMILES string of the molecule is COC(=O)Cc1cccc(N[C@H](C)c2nnc(C)o2)c1. The van der Waals surface area contributed by atoms with Crippen LogP contribution in [0.15, 0.2) is 28.7 Å². The average molecular weight is 275 g/mol. The molecule has 1 heterocycles. The number of anilines is 1. The summed E-state index contributed by atoms with van der Waals surface area (Å²) in [6.07, 6.45) is 0.250. The van der Waals surface area contributed by atoms with Gasteiger partial charge in [-0.2, -0.15) is 0 Å². The molecule has 1 N–H and O–H groups in total. The molecule has 20 heavy (non-hydrogen) atoms. The van der Waals surface area contributed by atoms with E-state index in [-0.39, 0.29) is 18.4 Å². The van der Waals surface area contributed by atoms with E-state index in [4.69, 9.17) is 4.42 Å². The van der Waals surface area contributed by atoms with Crippen LogP contribution in [-0.4, -0.2) is 23.3 Å². The molecule has 1 aromatic heterocycles. The van der Waals surface area contributed by atoms with Crippen LogP contribution in [0, 0.1) is 6.92 Å². The van der Waals surface area contributed by atoms with E-state index in [0.29, 0.717) is 11.8 Å². The van der Waals surface area contributed by atoms with Crippen LogP contribution in [0.25, 0.3) is 0 Å². The second-order valence-electron chi connectivity index (χ2n) is 4.48. The van der Waals surface area contributed by atoms with Gasteiger partial charge in [0.2, 0.25) is 11.8 Å². The Morgan fingerprint density at radius 2 is 2.25 bits per heavy atom. The van der Waals surface area contributed by atoms with Gasteiger partial charge in [-0.15, -0.1) is 10.2 Å². The largest absolute Gasteiger partial charge is 0.469 e. The van der Waals surface area contributed by atoms with Gasteiger partial charge in [0.25, 0.3) is 0 Å². The Balaban J connectivity index is 2.05. The molecule has 0 saturated heterocycles. The number of rotatable bonds is 5. The highest BCUT2D eigenvalue weighted by atomic mass is 16.5. The molecule has 0 fully saturated rings. The monoisotopic (exact) mass is 275 g/mol. The maximum atomic E-state index is 11.3. The lowest BCUT2D eigenvalue weighted by Crippen LogP contribution is -2.08. The molecule has 0 aliphatic rings. The zero-order chi connectivity index (χ0) is 14.5. The van der Waals surface area contributed by atoms with E-state index in [1.165, 1.54) is 7.11 Å². The van der Waals surface area contributed by atoms with Crippen LogP contribution < -0.4 is 5.32 Å². The Bertz CT molecular complexity index is 595. The van der Waals surface area contributed by atoms with Crippen molar-refractivity contribution < 1.29 is 13.9 Å². The number of nitrogens with zero attached hydrogens (tertiary/aromatic N) is 2. The molecule has 0 unspecified atom stereocenters. The second-order valence-corrected chi connectivity index (χ2v) is 4.48. The summed E-state index contributed by atoms with van der Waals surface area (Å²) in [5, 5.41) is 11.0. The first-order valence-corrected chi connectivity index (χ1v) is 6.31.